The Kier molecular flexibility index (Phi) is 6.09. The van der Waals surface area contributed by atoms with Gasteiger partial charge in [0, 0.05) is 32.1 Å². The monoisotopic (exact) mass is 365 g/mol. The summed E-state index contributed by atoms with van der Waals surface area (Å²) in [5.41, 5.74) is 0.984. The van der Waals surface area contributed by atoms with Crippen LogP contribution in [0.2, 0.25) is 0 Å². The Morgan fingerprint density at radius 3 is 2.52 bits per heavy atom. The van der Waals surface area contributed by atoms with Crippen molar-refractivity contribution in [3.63, 3.8) is 0 Å². The van der Waals surface area contributed by atoms with Gasteiger partial charge in [-0.3, -0.25) is 4.79 Å². The van der Waals surface area contributed by atoms with Crippen LogP contribution in [0.4, 0.5) is 0 Å². The first-order chi connectivity index (χ1) is 12.1. The molecule has 0 spiro atoms. The van der Waals surface area contributed by atoms with Crippen molar-refractivity contribution < 1.29 is 13.2 Å². The average molecular weight is 365 g/mol. The molecule has 2 heterocycles. The van der Waals surface area contributed by atoms with Gasteiger partial charge in [0.2, 0.25) is 15.9 Å². The molecule has 6 nitrogen and oxygen atoms in total. The first-order valence-corrected chi connectivity index (χ1v) is 10.6. The van der Waals surface area contributed by atoms with Crippen molar-refractivity contribution in [2.75, 3.05) is 26.2 Å². The van der Waals surface area contributed by atoms with Crippen LogP contribution in [0.15, 0.2) is 29.2 Å². The lowest BCUT2D eigenvalue weighted by Gasteiger charge is -2.23. The van der Waals surface area contributed by atoms with Crippen LogP contribution in [0.3, 0.4) is 0 Å². The lowest BCUT2D eigenvalue weighted by atomic mass is 10.1. The number of amides is 1. The van der Waals surface area contributed by atoms with Crippen LogP contribution in [-0.4, -0.2) is 50.9 Å². The molecular weight excluding hydrogens is 338 g/mol. The summed E-state index contributed by atoms with van der Waals surface area (Å²) >= 11 is 0. The van der Waals surface area contributed by atoms with Gasteiger partial charge in [0.25, 0.3) is 0 Å². The number of carbonyl (C=O) groups is 1. The number of nitrogens with zero attached hydrogens (tertiary/aromatic N) is 1. The molecule has 1 atom stereocenters. The van der Waals surface area contributed by atoms with Crippen molar-refractivity contribution in [3.8, 4) is 0 Å². The average Bonchev–Trinajstić information content (AvgIpc) is 3.17. The largest absolute Gasteiger partial charge is 0.352 e. The van der Waals surface area contributed by atoms with Gasteiger partial charge in [-0.25, -0.2) is 8.42 Å². The highest BCUT2D eigenvalue weighted by Gasteiger charge is 2.26. The molecule has 2 fully saturated rings. The van der Waals surface area contributed by atoms with E-state index >= 15 is 0 Å². The van der Waals surface area contributed by atoms with Gasteiger partial charge in [-0.1, -0.05) is 12.1 Å². The number of sulfonamides is 1. The Morgan fingerprint density at radius 2 is 1.88 bits per heavy atom. The van der Waals surface area contributed by atoms with Gasteiger partial charge in [0.05, 0.1) is 4.90 Å². The molecule has 2 aliphatic rings. The molecule has 2 saturated heterocycles. The first kappa shape index (κ1) is 18.4. The fourth-order valence-corrected chi connectivity index (χ4v) is 4.96. The minimum atomic E-state index is -3.36. The molecule has 0 saturated carbocycles. The van der Waals surface area contributed by atoms with E-state index in [-0.39, 0.29) is 11.9 Å². The van der Waals surface area contributed by atoms with Crippen molar-refractivity contribution in [3.05, 3.63) is 29.8 Å². The van der Waals surface area contributed by atoms with E-state index in [0.717, 1.165) is 44.3 Å². The smallest absolute Gasteiger partial charge is 0.243 e. The summed E-state index contributed by atoms with van der Waals surface area (Å²) in [5, 5.41) is 6.34. The summed E-state index contributed by atoms with van der Waals surface area (Å²) in [6, 6.07) is 7.18. The van der Waals surface area contributed by atoms with Crippen molar-refractivity contribution in [1.29, 1.82) is 0 Å². The van der Waals surface area contributed by atoms with Crippen LogP contribution in [0.25, 0.3) is 0 Å². The van der Waals surface area contributed by atoms with Crippen LogP contribution >= 0.6 is 0 Å². The van der Waals surface area contributed by atoms with E-state index in [1.165, 1.54) is 0 Å². The van der Waals surface area contributed by atoms with Crippen LogP contribution < -0.4 is 10.6 Å². The second-order valence-electron chi connectivity index (χ2n) is 6.87. The molecule has 138 valence electrons. The van der Waals surface area contributed by atoms with Gasteiger partial charge in [-0.05, 0) is 56.3 Å². The third kappa shape index (κ3) is 4.80. The molecule has 0 radical (unpaired) electrons. The Balaban J connectivity index is 1.51. The molecule has 7 heteroatoms. The van der Waals surface area contributed by atoms with Gasteiger partial charge in [0.1, 0.15) is 0 Å². The summed E-state index contributed by atoms with van der Waals surface area (Å²) < 4.78 is 26.5. The van der Waals surface area contributed by atoms with E-state index in [0.29, 0.717) is 30.8 Å². The molecule has 2 N–H and O–H groups in total. The summed E-state index contributed by atoms with van der Waals surface area (Å²) in [7, 11) is -3.36. The SMILES string of the molecule is O=C(CCc1ccc(S(=O)(=O)N2CCCC2)cc1)N[C@H]1CCCNC1. The van der Waals surface area contributed by atoms with Gasteiger partial charge in [-0.15, -0.1) is 0 Å². The van der Waals surface area contributed by atoms with E-state index < -0.39 is 10.0 Å². The van der Waals surface area contributed by atoms with Crippen LogP contribution in [-0.2, 0) is 21.2 Å². The maximum absolute atomic E-state index is 12.5. The van der Waals surface area contributed by atoms with Crippen LogP contribution in [0.5, 0.6) is 0 Å². The lowest BCUT2D eigenvalue weighted by Crippen LogP contribution is -2.45. The number of nitrogens with one attached hydrogen (secondary N) is 2. The molecule has 3 rings (SSSR count). The molecule has 0 unspecified atom stereocenters. The minimum absolute atomic E-state index is 0.0578. The van der Waals surface area contributed by atoms with Crippen molar-refractivity contribution in [2.45, 2.75) is 49.5 Å². The highest BCUT2D eigenvalue weighted by atomic mass is 32.2. The predicted molar refractivity (Wildman–Crippen MR) is 96.8 cm³/mol. The summed E-state index contributed by atoms with van der Waals surface area (Å²) in [5.74, 6) is 0.0578. The summed E-state index contributed by atoms with van der Waals surface area (Å²) in [6.07, 6.45) is 5.04. The van der Waals surface area contributed by atoms with Crippen LogP contribution in [0.1, 0.15) is 37.7 Å². The second kappa shape index (κ2) is 8.29. The Morgan fingerprint density at radius 1 is 1.16 bits per heavy atom. The minimum Gasteiger partial charge on any atom is -0.352 e. The topological polar surface area (TPSA) is 78.5 Å². The zero-order valence-electron chi connectivity index (χ0n) is 14.5. The van der Waals surface area contributed by atoms with Gasteiger partial charge < -0.3 is 10.6 Å². The molecule has 0 aliphatic carbocycles. The Bertz CT molecular complexity index is 676. The van der Waals surface area contributed by atoms with E-state index in [2.05, 4.69) is 10.6 Å². The quantitative estimate of drug-likeness (QED) is 0.796. The van der Waals surface area contributed by atoms with Crippen molar-refractivity contribution >= 4 is 15.9 Å². The van der Waals surface area contributed by atoms with Gasteiger partial charge in [0.15, 0.2) is 0 Å². The molecule has 1 aromatic rings. The van der Waals surface area contributed by atoms with Crippen molar-refractivity contribution in [1.82, 2.24) is 14.9 Å². The maximum Gasteiger partial charge on any atom is 0.243 e. The molecular formula is C18H27N3O3S. The molecule has 2 aliphatic heterocycles. The molecule has 0 aromatic heterocycles. The lowest BCUT2D eigenvalue weighted by molar-refractivity contribution is -0.121. The van der Waals surface area contributed by atoms with E-state index in [1.807, 2.05) is 12.1 Å². The first-order valence-electron chi connectivity index (χ1n) is 9.15. The normalized spacial score (nSPS) is 22.0. The van der Waals surface area contributed by atoms with E-state index in [1.54, 1.807) is 16.4 Å². The van der Waals surface area contributed by atoms with Crippen LogP contribution in [0, 0.1) is 0 Å². The predicted octanol–water partition coefficient (Wildman–Crippen LogP) is 1.27. The number of rotatable bonds is 6. The second-order valence-corrected chi connectivity index (χ2v) is 8.80. The molecule has 1 amide bonds. The van der Waals surface area contributed by atoms with E-state index in [4.69, 9.17) is 0 Å². The Hall–Kier alpha value is -1.44. The highest BCUT2D eigenvalue weighted by Crippen LogP contribution is 2.21. The molecule has 25 heavy (non-hydrogen) atoms. The number of benzene rings is 1. The molecule has 1 aromatic carbocycles. The Labute approximate surface area is 150 Å². The number of carbonyl (C=O) groups excluding carboxylic acids is 1. The molecule has 0 bridgehead atoms. The van der Waals surface area contributed by atoms with Gasteiger partial charge in [-0.2, -0.15) is 4.31 Å². The summed E-state index contributed by atoms with van der Waals surface area (Å²) in [6.45, 7) is 3.09. The number of hydrogen-bond donors (Lipinski definition) is 2. The number of hydrogen-bond acceptors (Lipinski definition) is 4. The zero-order valence-corrected chi connectivity index (χ0v) is 15.4. The van der Waals surface area contributed by atoms with Gasteiger partial charge >= 0.3 is 0 Å². The number of aryl methyl sites for hydroxylation is 1. The summed E-state index contributed by atoms with van der Waals surface area (Å²) in [4.78, 5) is 12.4. The number of piperidine rings is 1. The third-order valence-corrected chi connectivity index (χ3v) is 6.84. The highest BCUT2D eigenvalue weighted by molar-refractivity contribution is 7.89. The zero-order chi connectivity index (χ0) is 17.7. The van der Waals surface area contributed by atoms with E-state index in [9.17, 15) is 13.2 Å². The fourth-order valence-electron chi connectivity index (χ4n) is 3.44. The fraction of sp³-hybridized carbons (Fsp3) is 0.611. The standard InChI is InChI=1S/C18H27N3O3S/c22-18(20-16-4-3-11-19-14-16)10-7-15-5-8-17(9-6-15)25(23,24)21-12-1-2-13-21/h5-6,8-9,16,19H,1-4,7,10-14H2,(H,20,22)/t16-/m0/s1. The maximum atomic E-state index is 12.5. The third-order valence-electron chi connectivity index (χ3n) is 4.93. The van der Waals surface area contributed by atoms with Crippen molar-refractivity contribution in [2.24, 2.45) is 0 Å².